The number of halogens is 1. The summed E-state index contributed by atoms with van der Waals surface area (Å²) in [5, 5.41) is 4.53. The number of aryl methyl sites for hydroxylation is 2. The summed E-state index contributed by atoms with van der Waals surface area (Å²) in [6.45, 7) is 12.7. The average molecular weight is 452 g/mol. The van der Waals surface area contributed by atoms with Crippen LogP contribution < -0.4 is 5.32 Å². The van der Waals surface area contributed by atoms with Gasteiger partial charge in [-0.3, -0.25) is 0 Å². The van der Waals surface area contributed by atoms with Gasteiger partial charge in [0, 0.05) is 31.1 Å². The lowest BCUT2D eigenvalue weighted by Gasteiger charge is -2.34. The van der Waals surface area contributed by atoms with Crippen LogP contribution in [0.5, 0.6) is 0 Å². The third-order valence-corrected chi connectivity index (χ3v) is 4.91. The van der Waals surface area contributed by atoms with Crippen molar-refractivity contribution in [3.05, 3.63) is 15.6 Å². The zero-order valence-corrected chi connectivity index (χ0v) is 17.7. The molecule has 0 atom stereocenters. The number of nitrogens with zero attached hydrogens (tertiary/aromatic N) is 3. The highest BCUT2D eigenvalue weighted by Crippen LogP contribution is 2.19. The van der Waals surface area contributed by atoms with Crippen molar-refractivity contribution in [2.75, 3.05) is 26.2 Å². The maximum atomic E-state index is 5.73. The van der Waals surface area contributed by atoms with Gasteiger partial charge >= 0.3 is 0 Å². The number of aromatic nitrogens is 1. The molecule has 1 aliphatic heterocycles. The standard InChI is InChI=1S/C16H28N4OS.HI/c1-5-17-16(18-11-15-12(3)19-13(4)22-15)20-9-7-14(8-10-20)21-6-2;/h14H,5-11H2,1-4H3,(H,17,18);1H. The Labute approximate surface area is 160 Å². The fourth-order valence-electron chi connectivity index (χ4n) is 2.76. The zero-order valence-electron chi connectivity index (χ0n) is 14.6. The van der Waals surface area contributed by atoms with Crippen LogP contribution in [0.1, 0.15) is 42.3 Å². The molecule has 2 rings (SSSR count). The lowest BCUT2D eigenvalue weighted by Crippen LogP contribution is -2.47. The van der Waals surface area contributed by atoms with E-state index in [0.717, 1.165) is 55.7 Å². The van der Waals surface area contributed by atoms with E-state index in [0.29, 0.717) is 12.6 Å². The summed E-state index contributed by atoms with van der Waals surface area (Å²) in [7, 11) is 0. The van der Waals surface area contributed by atoms with Gasteiger partial charge in [-0.15, -0.1) is 35.3 Å². The average Bonchev–Trinajstić information content (AvgIpc) is 2.83. The quantitative estimate of drug-likeness (QED) is 0.423. The number of ether oxygens (including phenoxy) is 1. The van der Waals surface area contributed by atoms with Gasteiger partial charge in [0.2, 0.25) is 0 Å². The maximum absolute atomic E-state index is 5.73. The molecule has 1 aliphatic rings. The van der Waals surface area contributed by atoms with Gasteiger partial charge in [-0.2, -0.15) is 0 Å². The van der Waals surface area contributed by atoms with Gasteiger partial charge in [-0.25, -0.2) is 9.98 Å². The molecule has 1 N–H and O–H groups in total. The molecule has 0 bridgehead atoms. The fraction of sp³-hybridized carbons (Fsp3) is 0.750. The Kier molecular flexibility index (Phi) is 9.38. The minimum atomic E-state index is 0. The van der Waals surface area contributed by atoms with Crippen LogP contribution in [0.2, 0.25) is 0 Å². The van der Waals surface area contributed by atoms with Crippen LogP contribution in [-0.4, -0.2) is 48.2 Å². The number of hydrogen-bond acceptors (Lipinski definition) is 4. The molecule has 0 amide bonds. The van der Waals surface area contributed by atoms with Crippen LogP contribution in [0.15, 0.2) is 4.99 Å². The summed E-state index contributed by atoms with van der Waals surface area (Å²) in [6.07, 6.45) is 2.57. The Balaban J connectivity index is 0.00000264. The monoisotopic (exact) mass is 452 g/mol. The molecule has 0 spiro atoms. The topological polar surface area (TPSA) is 49.8 Å². The molecule has 132 valence electrons. The van der Waals surface area contributed by atoms with Crippen molar-refractivity contribution in [3.63, 3.8) is 0 Å². The zero-order chi connectivity index (χ0) is 15.9. The molecule has 2 heterocycles. The minimum absolute atomic E-state index is 0. The third-order valence-electron chi connectivity index (χ3n) is 3.85. The molecule has 1 aromatic heterocycles. The summed E-state index contributed by atoms with van der Waals surface area (Å²) in [5.74, 6) is 1.02. The Morgan fingerprint density at radius 2 is 2.04 bits per heavy atom. The number of guanidine groups is 1. The van der Waals surface area contributed by atoms with Crippen LogP contribution >= 0.6 is 35.3 Å². The van der Waals surface area contributed by atoms with E-state index in [4.69, 9.17) is 9.73 Å². The molecule has 0 saturated carbocycles. The van der Waals surface area contributed by atoms with Crippen molar-refractivity contribution in [2.45, 2.75) is 53.2 Å². The largest absolute Gasteiger partial charge is 0.378 e. The Morgan fingerprint density at radius 3 is 2.57 bits per heavy atom. The maximum Gasteiger partial charge on any atom is 0.194 e. The highest BCUT2D eigenvalue weighted by Gasteiger charge is 2.21. The van der Waals surface area contributed by atoms with E-state index in [2.05, 4.69) is 42.9 Å². The lowest BCUT2D eigenvalue weighted by molar-refractivity contribution is 0.0263. The molecule has 0 aromatic carbocycles. The van der Waals surface area contributed by atoms with Crippen molar-refractivity contribution in [2.24, 2.45) is 4.99 Å². The first kappa shape index (κ1) is 20.6. The molecule has 0 radical (unpaired) electrons. The van der Waals surface area contributed by atoms with Crippen LogP contribution in [0.3, 0.4) is 0 Å². The van der Waals surface area contributed by atoms with E-state index in [1.54, 1.807) is 11.3 Å². The van der Waals surface area contributed by atoms with Crippen molar-refractivity contribution in [1.29, 1.82) is 0 Å². The van der Waals surface area contributed by atoms with E-state index < -0.39 is 0 Å². The molecule has 1 aromatic rings. The van der Waals surface area contributed by atoms with E-state index in [1.807, 2.05) is 0 Å². The summed E-state index contributed by atoms with van der Waals surface area (Å²) in [5.41, 5.74) is 1.11. The third kappa shape index (κ3) is 6.19. The second-order valence-electron chi connectivity index (χ2n) is 5.55. The normalized spacial score (nSPS) is 16.3. The smallest absolute Gasteiger partial charge is 0.194 e. The fourth-order valence-corrected chi connectivity index (χ4v) is 3.62. The summed E-state index contributed by atoms with van der Waals surface area (Å²) in [6, 6.07) is 0. The van der Waals surface area contributed by atoms with Crippen molar-refractivity contribution >= 4 is 41.3 Å². The van der Waals surface area contributed by atoms with E-state index in [-0.39, 0.29) is 24.0 Å². The molecule has 23 heavy (non-hydrogen) atoms. The second-order valence-corrected chi connectivity index (χ2v) is 6.84. The number of thiazole rings is 1. The SMILES string of the molecule is CCNC(=NCc1sc(C)nc1C)N1CCC(OCC)CC1.I. The Bertz CT molecular complexity index is 498. The Morgan fingerprint density at radius 1 is 1.35 bits per heavy atom. The van der Waals surface area contributed by atoms with Crippen LogP contribution in [-0.2, 0) is 11.3 Å². The second kappa shape index (κ2) is 10.5. The number of nitrogens with one attached hydrogen (secondary N) is 1. The molecular weight excluding hydrogens is 423 g/mol. The number of hydrogen-bond donors (Lipinski definition) is 1. The van der Waals surface area contributed by atoms with Crippen LogP contribution in [0, 0.1) is 13.8 Å². The van der Waals surface area contributed by atoms with Crippen molar-refractivity contribution in [1.82, 2.24) is 15.2 Å². The summed E-state index contributed by atoms with van der Waals surface area (Å²) < 4.78 is 5.73. The number of likely N-dealkylation sites (tertiary alicyclic amines) is 1. The highest BCUT2D eigenvalue weighted by molar-refractivity contribution is 14.0. The molecule has 5 nitrogen and oxygen atoms in total. The number of piperidine rings is 1. The first-order valence-electron chi connectivity index (χ1n) is 8.21. The van der Waals surface area contributed by atoms with E-state index in [9.17, 15) is 0 Å². The predicted octanol–water partition coefficient (Wildman–Crippen LogP) is 3.34. The molecule has 1 saturated heterocycles. The van der Waals surface area contributed by atoms with Gasteiger partial charge in [0.25, 0.3) is 0 Å². The summed E-state index contributed by atoms with van der Waals surface area (Å²) >= 11 is 1.74. The van der Waals surface area contributed by atoms with Gasteiger partial charge in [0.1, 0.15) is 0 Å². The van der Waals surface area contributed by atoms with Gasteiger partial charge in [-0.05, 0) is 40.5 Å². The Hall–Kier alpha value is -0.410. The van der Waals surface area contributed by atoms with Gasteiger partial charge in [-0.1, -0.05) is 0 Å². The number of rotatable bonds is 5. The van der Waals surface area contributed by atoms with E-state index in [1.165, 1.54) is 4.88 Å². The van der Waals surface area contributed by atoms with Gasteiger partial charge in [0.05, 0.1) is 23.4 Å². The van der Waals surface area contributed by atoms with Crippen LogP contribution in [0.4, 0.5) is 0 Å². The molecule has 7 heteroatoms. The predicted molar refractivity (Wildman–Crippen MR) is 108 cm³/mol. The molecule has 1 fully saturated rings. The lowest BCUT2D eigenvalue weighted by atomic mass is 10.1. The molecule has 0 aliphatic carbocycles. The summed E-state index contributed by atoms with van der Waals surface area (Å²) in [4.78, 5) is 12.9. The van der Waals surface area contributed by atoms with E-state index >= 15 is 0 Å². The minimum Gasteiger partial charge on any atom is -0.378 e. The van der Waals surface area contributed by atoms with Gasteiger partial charge in [0.15, 0.2) is 5.96 Å². The first-order valence-corrected chi connectivity index (χ1v) is 9.03. The highest BCUT2D eigenvalue weighted by atomic mass is 127. The van der Waals surface area contributed by atoms with Crippen LogP contribution in [0.25, 0.3) is 0 Å². The van der Waals surface area contributed by atoms with Crippen molar-refractivity contribution in [3.8, 4) is 0 Å². The first-order chi connectivity index (χ1) is 10.6. The number of aliphatic imine (C=N–C) groups is 1. The molecular formula is C16H29IN4OS. The van der Waals surface area contributed by atoms with Crippen molar-refractivity contribution < 1.29 is 4.74 Å². The molecule has 0 unspecified atom stereocenters. The van der Waals surface area contributed by atoms with Gasteiger partial charge < -0.3 is 15.0 Å².